The van der Waals surface area contributed by atoms with Crippen LogP contribution in [0.25, 0.3) is 0 Å². The van der Waals surface area contributed by atoms with Crippen LogP contribution in [0.5, 0.6) is 0 Å². The van der Waals surface area contributed by atoms with Gasteiger partial charge < -0.3 is 21.3 Å². The Hall–Kier alpha value is -2.24. The topological polar surface area (TPSA) is 87.5 Å². The zero-order valence-corrected chi connectivity index (χ0v) is 11.4. The highest BCUT2D eigenvalue weighted by molar-refractivity contribution is 5.96. The summed E-state index contributed by atoms with van der Waals surface area (Å²) in [6, 6.07) is 3.47. The van der Waals surface area contributed by atoms with Gasteiger partial charge in [-0.05, 0) is 30.5 Å². The summed E-state index contributed by atoms with van der Waals surface area (Å²) >= 11 is 0. The van der Waals surface area contributed by atoms with Gasteiger partial charge in [-0.15, -0.1) is 0 Å². The van der Waals surface area contributed by atoms with Crippen molar-refractivity contribution in [2.24, 2.45) is 0 Å². The van der Waals surface area contributed by atoms with Gasteiger partial charge in [-0.1, -0.05) is 0 Å². The van der Waals surface area contributed by atoms with Crippen molar-refractivity contribution >= 4 is 28.9 Å². The Balaban J connectivity index is 1.85. The third kappa shape index (κ3) is 2.17. The molecule has 2 heterocycles. The van der Waals surface area contributed by atoms with E-state index >= 15 is 0 Å². The Kier molecular flexibility index (Phi) is 3.00. The van der Waals surface area contributed by atoms with Gasteiger partial charge in [-0.3, -0.25) is 9.59 Å². The predicted octanol–water partition coefficient (Wildman–Crippen LogP) is 0.796. The van der Waals surface area contributed by atoms with E-state index in [2.05, 4.69) is 10.6 Å². The molecule has 1 fully saturated rings. The first-order valence-corrected chi connectivity index (χ1v) is 6.78. The number of rotatable bonds is 2. The fourth-order valence-electron chi connectivity index (χ4n) is 2.72. The monoisotopic (exact) mass is 274 g/mol. The maximum absolute atomic E-state index is 11.9. The van der Waals surface area contributed by atoms with Crippen LogP contribution < -0.4 is 16.4 Å². The summed E-state index contributed by atoms with van der Waals surface area (Å²) in [4.78, 5) is 25.1. The van der Waals surface area contributed by atoms with Gasteiger partial charge in [0.25, 0.3) is 0 Å². The minimum Gasteiger partial charge on any atom is -0.397 e. The van der Waals surface area contributed by atoms with E-state index < -0.39 is 0 Å². The van der Waals surface area contributed by atoms with E-state index in [1.807, 2.05) is 12.1 Å². The van der Waals surface area contributed by atoms with E-state index in [9.17, 15) is 9.59 Å². The number of likely N-dealkylation sites (tertiary alicyclic amines) is 1. The van der Waals surface area contributed by atoms with Crippen molar-refractivity contribution in [2.45, 2.75) is 25.3 Å². The van der Waals surface area contributed by atoms with Gasteiger partial charge in [0.05, 0.1) is 11.4 Å². The van der Waals surface area contributed by atoms with E-state index in [1.165, 1.54) is 0 Å². The number of amides is 2. The van der Waals surface area contributed by atoms with Crippen LogP contribution >= 0.6 is 0 Å². The van der Waals surface area contributed by atoms with Gasteiger partial charge in [0, 0.05) is 25.7 Å². The van der Waals surface area contributed by atoms with Crippen molar-refractivity contribution in [3.63, 3.8) is 0 Å². The zero-order valence-electron chi connectivity index (χ0n) is 11.4. The van der Waals surface area contributed by atoms with Crippen LogP contribution in [-0.4, -0.2) is 36.3 Å². The number of carbonyl (C=O) groups excluding carboxylic acids is 2. The lowest BCUT2D eigenvalue weighted by Gasteiger charge is -2.21. The predicted molar refractivity (Wildman–Crippen MR) is 77.5 cm³/mol. The summed E-state index contributed by atoms with van der Waals surface area (Å²) in [6.07, 6.45) is 1.96. The molecule has 2 amide bonds. The van der Waals surface area contributed by atoms with Gasteiger partial charge >= 0.3 is 0 Å². The average molecular weight is 274 g/mol. The maximum Gasteiger partial charge on any atom is 0.244 e. The molecule has 0 aromatic heterocycles. The molecular weight excluding hydrogens is 256 g/mol. The lowest BCUT2D eigenvalue weighted by molar-refractivity contribution is -0.127. The normalized spacial score (nSPS) is 21.6. The van der Waals surface area contributed by atoms with Crippen LogP contribution in [0, 0.1) is 0 Å². The number of hydrogen-bond acceptors (Lipinski definition) is 4. The fourth-order valence-corrected chi connectivity index (χ4v) is 2.72. The second-order valence-corrected chi connectivity index (χ2v) is 5.39. The molecule has 2 aliphatic rings. The number of anilines is 3. The summed E-state index contributed by atoms with van der Waals surface area (Å²) in [5, 5.41) is 6.03. The van der Waals surface area contributed by atoms with E-state index in [4.69, 9.17) is 5.73 Å². The Morgan fingerprint density at radius 3 is 2.85 bits per heavy atom. The van der Waals surface area contributed by atoms with E-state index in [1.54, 1.807) is 11.9 Å². The Morgan fingerprint density at radius 1 is 1.35 bits per heavy atom. The molecule has 106 valence electrons. The highest BCUT2D eigenvalue weighted by atomic mass is 16.2. The largest absolute Gasteiger partial charge is 0.397 e. The van der Waals surface area contributed by atoms with Gasteiger partial charge in [-0.2, -0.15) is 0 Å². The summed E-state index contributed by atoms with van der Waals surface area (Å²) in [5.41, 5.74) is 9.19. The van der Waals surface area contributed by atoms with Crippen LogP contribution in [0.3, 0.4) is 0 Å². The third-order valence-electron chi connectivity index (χ3n) is 3.93. The maximum atomic E-state index is 11.9. The highest BCUT2D eigenvalue weighted by Gasteiger charge is 2.29. The molecule has 0 bridgehead atoms. The Morgan fingerprint density at radius 2 is 2.15 bits per heavy atom. The van der Waals surface area contributed by atoms with Crippen molar-refractivity contribution in [3.8, 4) is 0 Å². The van der Waals surface area contributed by atoms with E-state index in [-0.39, 0.29) is 17.9 Å². The van der Waals surface area contributed by atoms with Crippen LogP contribution in [-0.2, 0) is 16.0 Å². The summed E-state index contributed by atoms with van der Waals surface area (Å²) in [5.74, 6) is 0.0936. The molecule has 1 aromatic rings. The quantitative estimate of drug-likeness (QED) is 0.696. The lowest BCUT2D eigenvalue weighted by atomic mass is 10.0. The first-order chi connectivity index (χ1) is 9.54. The minimum atomic E-state index is -0.236. The van der Waals surface area contributed by atoms with Crippen molar-refractivity contribution in [1.29, 1.82) is 0 Å². The van der Waals surface area contributed by atoms with Crippen molar-refractivity contribution in [3.05, 3.63) is 17.7 Å². The number of nitrogens with two attached hydrogens (primary N) is 1. The average Bonchev–Trinajstić information content (AvgIpc) is 2.72. The number of aryl methyl sites for hydroxylation is 1. The molecule has 20 heavy (non-hydrogen) atoms. The molecule has 4 N–H and O–H groups in total. The lowest BCUT2D eigenvalue weighted by Crippen LogP contribution is -2.31. The number of nitrogen functional groups attached to an aromatic ring is 1. The molecule has 2 aliphatic heterocycles. The van der Waals surface area contributed by atoms with Crippen molar-refractivity contribution < 1.29 is 9.59 Å². The van der Waals surface area contributed by atoms with Gasteiger partial charge in [0.15, 0.2) is 0 Å². The summed E-state index contributed by atoms with van der Waals surface area (Å²) < 4.78 is 0. The van der Waals surface area contributed by atoms with Crippen molar-refractivity contribution in [2.75, 3.05) is 30.0 Å². The molecule has 1 aromatic carbocycles. The molecule has 0 radical (unpaired) electrons. The van der Waals surface area contributed by atoms with Crippen LogP contribution in [0.15, 0.2) is 12.1 Å². The molecule has 1 atom stereocenters. The minimum absolute atomic E-state index is 0.0184. The van der Waals surface area contributed by atoms with E-state index in [0.29, 0.717) is 24.2 Å². The Bertz CT molecular complexity index is 585. The summed E-state index contributed by atoms with van der Waals surface area (Å²) in [6.45, 7) is 0.748. The number of nitrogens with zero attached hydrogens (tertiary/aromatic N) is 1. The highest BCUT2D eigenvalue weighted by Crippen LogP contribution is 2.32. The van der Waals surface area contributed by atoms with Gasteiger partial charge in [-0.25, -0.2) is 0 Å². The second-order valence-electron chi connectivity index (χ2n) is 5.39. The first-order valence-electron chi connectivity index (χ1n) is 6.78. The molecule has 6 nitrogen and oxygen atoms in total. The number of carbonyl (C=O) groups is 2. The number of benzene rings is 1. The molecule has 0 aliphatic carbocycles. The van der Waals surface area contributed by atoms with Crippen LogP contribution in [0.4, 0.5) is 17.1 Å². The molecule has 3 rings (SSSR count). The SMILES string of the molecule is CN1CCC(Nc2cc3c(cc2N)CCC(=O)N3)C1=O. The Labute approximate surface area is 117 Å². The smallest absolute Gasteiger partial charge is 0.244 e. The number of nitrogens with one attached hydrogen (secondary N) is 2. The molecule has 0 saturated carbocycles. The molecule has 6 heteroatoms. The number of hydrogen-bond donors (Lipinski definition) is 3. The van der Waals surface area contributed by atoms with Gasteiger partial charge in [0.2, 0.25) is 11.8 Å². The molecular formula is C14H18N4O2. The standard InChI is InChI=1S/C14H18N4O2/c1-18-5-4-10(14(18)20)16-12-7-11-8(6-9(12)15)2-3-13(19)17-11/h6-7,10,16H,2-5,15H2,1H3,(H,17,19). The van der Waals surface area contributed by atoms with Crippen molar-refractivity contribution in [1.82, 2.24) is 4.90 Å². The number of fused-ring (bicyclic) bond motifs is 1. The van der Waals surface area contributed by atoms with Gasteiger partial charge in [0.1, 0.15) is 6.04 Å². The van der Waals surface area contributed by atoms with Crippen LogP contribution in [0.2, 0.25) is 0 Å². The van der Waals surface area contributed by atoms with E-state index in [0.717, 1.165) is 24.2 Å². The second kappa shape index (κ2) is 4.70. The first kappa shape index (κ1) is 12.8. The number of likely N-dealkylation sites (N-methyl/N-ethyl adjacent to an activating group) is 1. The third-order valence-corrected chi connectivity index (χ3v) is 3.93. The molecule has 0 spiro atoms. The van der Waals surface area contributed by atoms with Crippen LogP contribution in [0.1, 0.15) is 18.4 Å². The summed E-state index contributed by atoms with van der Waals surface area (Å²) in [7, 11) is 1.79. The fraction of sp³-hybridized carbons (Fsp3) is 0.429. The molecule has 1 saturated heterocycles. The zero-order chi connectivity index (χ0) is 14.3. The molecule has 1 unspecified atom stereocenters.